The molecule has 40 heavy (non-hydrogen) atoms. The van der Waals surface area contributed by atoms with Crippen LogP contribution >= 0.6 is 0 Å². The Labute approximate surface area is 234 Å². The molecule has 0 aliphatic carbocycles. The number of amides is 2. The first-order valence-corrected chi connectivity index (χ1v) is 14.0. The number of H-pyrrole nitrogens is 1. The maximum absolute atomic E-state index is 13.4. The van der Waals surface area contributed by atoms with Gasteiger partial charge in [-0.25, -0.2) is 9.78 Å². The van der Waals surface area contributed by atoms with Crippen LogP contribution in [0.5, 0.6) is 0 Å². The van der Waals surface area contributed by atoms with Crippen molar-refractivity contribution in [2.45, 2.75) is 65.1 Å². The molecule has 9 nitrogen and oxygen atoms in total. The molecule has 1 N–H and O–H groups in total. The lowest BCUT2D eigenvalue weighted by atomic mass is 9.86. The third-order valence-corrected chi connectivity index (χ3v) is 7.91. The van der Waals surface area contributed by atoms with Crippen molar-refractivity contribution in [3.05, 3.63) is 70.8 Å². The largest absolute Gasteiger partial charge is 0.444 e. The summed E-state index contributed by atoms with van der Waals surface area (Å²) in [4.78, 5) is 38.3. The molecule has 2 amide bonds. The van der Waals surface area contributed by atoms with Crippen LogP contribution in [0.2, 0.25) is 0 Å². The SMILES string of the molecule is Cc1c[nH]c2ncc(-c3cc4c(c([C@@H]5CCCN5C(=O)OC(C)(C)C)c3)CN(C(=O)c3ccn(C)n3)CC4)cc12. The van der Waals surface area contributed by atoms with Gasteiger partial charge in [-0.2, -0.15) is 5.10 Å². The van der Waals surface area contributed by atoms with Crippen LogP contribution in [0.4, 0.5) is 4.79 Å². The van der Waals surface area contributed by atoms with Crippen molar-refractivity contribution in [1.82, 2.24) is 29.5 Å². The predicted molar refractivity (Wildman–Crippen MR) is 153 cm³/mol. The number of ether oxygens (including phenoxy) is 1. The van der Waals surface area contributed by atoms with Crippen LogP contribution in [0.3, 0.4) is 0 Å². The molecule has 6 rings (SSSR count). The van der Waals surface area contributed by atoms with Crippen LogP contribution in [-0.2, 0) is 24.8 Å². The molecule has 4 aromatic rings. The number of fused-ring (bicyclic) bond motifs is 2. The minimum atomic E-state index is -0.576. The minimum absolute atomic E-state index is 0.0747. The molecule has 1 aromatic carbocycles. The van der Waals surface area contributed by atoms with Crippen LogP contribution in [0.15, 0.2) is 42.9 Å². The first-order valence-electron chi connectivity index (χ1n) is 14.0. The number of aryl methyl sites for hydroxylation is 2. The van der Waals surface area contributed by atoms with Gasteiger partial charge < -0.3 is 19.5 Å². The van der Waals surface area contributed by atoms with Crippen molar-refractivity contribution in [3.63, 3.8) is 0 Å². The molecule has 0 bridgehead atoms. The van der Waals surface area contributed by atoms with Gasteiger partial charge in [-0.1, -0.05) is 6.07 Å². The van der Waals surface area contributed by atoms with Gasteiger partial charge in [-0.05, 0) is 93.0 Å². The Bertz CT molecular complexity index is 1610. The number of nitrogens with zero attached hydrogens (tertiary/aromatic N) is 5. The van der Waals surface area contributed by atoms with Crippen LogP contribution in [0, 0.1) is 6.92 Å². The number of hydrogen-bond donors (Lipinski definition) is 1. The van der Waals surface area contributed by atoms with E-state index in [0.29, 0.717) is 25.3 Å². The maximum Gasteiger partial charge on any atom is 0.410 e. The molecule has 2 aliphatic heterocycles. The molecular formula is C31H36N6O3. The van der Waals surface area contributed by atoms with E-state index in [0.717, 1.165) is 58.1 Å². The second-order valence-electron chi connectivity index (χ2n) is 12.0. The first-order chi connectivity index (χ1) is 19.1. The summed E-state index contributed by atoms with van der Waals surface area (Å²) in [7, 11) is 1.81. The summed E-state index contributed by atoms with van der Waals surface area (Å²) >= 11 is 0. The Hall–Kier alpha value is -4.14. The number of aromatic amines is 1. The van der Waals surface area contributed by atoms with Gasteiger partial charge in [0.25, 0.3) is 5.91 Å². The Morgan fingerprint density at radius 2 is 1.95 bits per heavy atom. The van der Waals surface area contributed by atoms with Crippen molar-refractivity contribution >= 4 is 23.0 Å². The normalized spacial score (nSPS) is 17.4. The maximum atomic E-state index is 13.4. The molecule has 9 heteroatoms. The summed E-state index contributed by atoms with van der Waals surface area (Å²) in [5, 5.41) is 5.44. The molecule has 1 atom stereocenters. The van der Waals surface area contributed by atoms with Gasteiger partial charge in [0.15, 0.2) is 0 Å². The van der Waals surface area contributed by atoms with Gasteiger partial charge in [-0.3, -0.25) is 9.48 Å². The lowest BCUT2D eigenvalue weighted by molar-refractivity contribution is 0.0222. The van der Waals surface area contributed by atoms with E-state index in [4.69, 9.17) is 4.74 Å². The highest BCUT2D eigenvalue weighted by Crippen LogP contribution is 2.40. The smallest absolute Gasteiger partial charge is 0.410 e. The van der Waals surface area contributed by atoms with Crippen LogP contribution in [0.25, 0.3) is 22.2 Å². The zero-order chi connectivity index (χ0) is 28.2. The number of rotatable bonds is 3. The molecule has 0 radical (unpaired) electrons. The van der Waals surface area contributed by atoms with Crippen molar-refractivity contribution in [1.29, 1.82) is 0 Å². The average molecular weight is 541 g/mol. The van der Waals surface area contributed by atoms with Gasteiger partial charge in [0.1, 0.15) is 16.9 Å². The number of aromatic nitrogens is 4. The zero-order valence-corrected chi connectivity index (χ0v) is 23.8. The van der Waals surface area contributed by atoms with Crippen molar-refractivity contribution in [3.8, 4) is 11.1 Å². The van der Waals surface area contributed by atoms with Gasteiger partial charge in [0.2, 0.25) is 0 Å². The van der Waals surface area contributed by atoms with Gasteiger partial charge in [0.05, 0.1) is 6.04 Å². The van der Waals surface area contributed by atoms with E-state index in [2.05, 4.69) is 40.2 Å². The number of benzene rings is 1. The molecule has 208 valence electrons. The van der Waals surface area contributed by atoms with E-state index in [-0.39, 0.29) is 18.0 Å². The topological polar surface area (TPSA) is 96.4 Å². The molecule has 0 spiro atoms. The molecule has 5 heterocycles. The fraction of sp³-hybridized carbons (Fsp3) is 0.419. The number of nitrogens with one attached hydrogen (secondary N) is 1. The van der Waals surface area contributed by atoms with E-state index in [1.165, 1.54) is 5.56 Å². The second-order valence-corrected chi connectivity index (χ2v) is 12.0. The monoisotopic (exact) mass is 540 g/mol. The molecule has 0 saturated carbocycles. The van der Waals surface area contributed by atoms with Gasteiger partial charge >= 0.3 is 6.09 Å². The molecule has 3 aromatic heterocycles. The summed E-state index contributed by atoms with van der Waals surface area (Å²) in [5.74, 6) is -0.0747. The Morgan fingerprint density at radius 3 is 2.70 bits per heavy atom. The standard InChI is InChI=1S/C31H36N6O3/c1-19-16-32-28-23(19)15-22(17-33-28)21-13-20-8-12-36(29(38)26-9-11-35(5)34-26)18-25(20)24(14-21)27-7-6-10-37(27)30(39)40-31(2,3)4/h9,11,13-17,27H,6-8,10,12,18H2,1-5H3,(H,32,33)/t27-/m0/s1. The fourth-order valence-electron chi connectivity index (χ4n) is 5.95. The Balaban J connectivity index is 1.43. The molecule has 0 unspecified atom stereocenters. The summed E-state index contributed by atoms with van der Waals surface area (Å²) in [6.07, 6.45) is 7.85. The Kier molecular flexibility index (Phi) is 6.40. The third kappa shape index (κ3) is 4.85. The summed E-state index contributed by atoms with van der Waals surface area (Å²) in [5.41, 5.74) is 7.41. The molecular weight excluding hydrogens is 504 g/mol. The fourth-order valence-corrected chi connectivity index (χ4v) is 5.95. The van der Waals surface area contributed by atoms with Gasteiger partial charge in [-0.15, -0.1) is 0 Å². The van der Waals surface area contributed by atoms with E-state index in [1.54, 1.807) is 16.9 Å². The van der Waals surface area contributed by atoms with E-state index in [1.807, 2.05) is 50.0 Å². The Morgan fingerprint density at radius 1 is 1.12 bits per heavy atom. The molecule has 1 saturated heterocycles. The van der Waals surface area contributed by atoms with Crippen molar-refractivity contribution in [2.75, 3.05) is 13.1 Å². The zero-order valence-electron chi connectivity index (χ0n) is 23.8. The molecule has 1 fully saturated rings. The van der Waals surface area contributed by atoms with E-state index < -0.39 is 5.60 Å². The lowest BCUT2D eigenvalue weighted by Crippen LogP contribution is -2.39. The summed E-state index contributed by atoms with van der Waals surface area (Å²) in [6.45, 7) is 9.49. The summed E-state index contributed by atoms with van der Waals surface area (Å²) < 4.78 is 7.45. The van der Waals surface area contributed by atoms with Crippen molar-refractivity contribution < 1.29 is 14.3 Å². The number of carbonyl (C=O) groups is 2. The predicted octanol–water partition coefficient (Wildman–Crippen LogP) is 5.54. The highest BCUT2D eigenvalue weighted by atomic mass is 16.6. The number of carbonyl (C=O) groups excluding carboxylic acids is 2. The third-order valence-electron chi connectivity index (χ3n) is 7.91. The van der Waals surface area contributed by atoms with E-state index in [9.17, 15) is 9.59 Å². The summed E-state index contributed by atoms with van der Waals surface area (Å²) in [6, 6.07) is 8.25. The van der Waals surface area contributed by atoms with Crippen LogP contribution in [0.1, 0.15) is 72.4 Å². The molecule has 2 aliphatic rings. The van der Waals surface area contributed by atoms with Crippen molar-refractivity contribution in [2.24, 2.45) is 7.05 Å². The van der Waals surface area contributed by atoms with E-state index >= 15 is 0 Å². The van der Waals surface area contributed by atoms with Crippen LogP contribution in [-0.4, -0.2) is 60.2 Å². The number of likely N-dealkylation sites (tertiary alicyclic amines) is 1. The first kappa shape index (κ1) is 26.1. The quantitative estimate of drug-likeness (QED) is 0.368. The average Bonchev–Trinajstić information content (AvgIpc) is 3.66. The number of pyridine rings is 1. The lowest BCUT2D eigenvalue weighted by Gasteiger charge is -2.34. The van der Waals surface area contributed by atoms with Gasteiger partial charge in [0, 0.05) is 56.2 Å². The highest BCUT2D eigenvalue weighted by molar-refractivity contribution is 5.92. The number of hydrogen-bond acceptors (Lipinski definition) is 5. The van der Waals surface area contributed by atoms with Crippen LogP contribution < -0.4 is 0 Å². The minimum Gasteiger partial charge on any atom is -0.444 e. The highest BCUT2D eigenvalue weighted by Gasteiger charge is 2.36. The second kappa shape index (κ2) is 9.80.